The molecule has 0 spiro atoms. The van der Waals surface area contributed by atoms with Gasteiger partial charge in [-0.05, 0) is 57.2 Å². The Morgan fingerprint density at radius 2 is 1.63 bits per heavy atom. The van der Waals surface area contributed by atoms with Gasteiger partial charge in [0.1, 0.15) is 10.6 Å². The second kappa shape index (κ2) is 8.88. The average molecular weight is 441 g/mol. The lowest BCUT2D eigenvalue weighted by Gasteiger charge is -2.21. The molecule has 7 nitrogen and oxygen atoms in total. The van der Waals surface area contributed by atoms with E-state index in [-0.39, 0.29) is 21.8 Å². The van der Waals surface area contributed by atoms with Gasteiger partial charge in [-0.25, -0.2) is 26.7 Å². The molecule has 0 aliphatic rings. The van der Waals surface area contributed by atoms with Gasteiger partial charge in [-0.2, -0.15) is 0 Å². The van der Waals surface area contributed by atoms with E-state index in [0.717, 1.165) is 18.2 Å². The van der Waals surface area contributed by atoms with Gasteiger partial charge in [0.25, 0.3) is 0 Å². The number of sulfonamides is 1. The largest absolute Gasteiger partial charge is 0.495 e. The second-order valence-electron chi connectivity index (χ2n) is 7.35. The first-order chi connectivity index (χ1) is 13.8. The number of hydrogen-bond acceptors (Lipinski definition) is 6. The number of Topliss-reactive ketones (excluding diaryl/α,β-unsaturated/α-hetero) is 1. The number of nitrogens with one attached hydrogen (secondary N) is 1. The standard InChI is InChI=1S/C20H21F2NO6S/c1-20(2,3)23-30(26,27)18-10-13(6-8-17(18)28-4)19(25)29-11-16(24)12-5-7-14(21)15(22)9-12/h5-10,23H,11H2,1-4H3. The van der Waals surface area contributed by atoms with Crippen molar-refractivity contribution in [1.82, 2.24) is 4.72 Å². The predicted octanol–water partition coefficient (Wildman–Crippen LogP) is 3.09. The molecule has 2 aromatic carbocycles. The topological polar surface area (TPSA) is 98.8 Å². The Labute approximate surface area is 173 Å². The van der Waals surface area contributed by atoms with Gasteiger partial charge in [0.2, 0.25) is 10.0 Å². The molecule has 10 heteroatoms. The summed E-state index contributed by atoms with van der Waals surface area (Å²) in [6, 6.07) is 6.17. The van der Waals surface area contributed by atoms with Crippen LogP contribution in [-0.4, -0.2) is 39.4 Å². The highest BCUT2D eigenvalue weighted by atomic mass is 32.2. The minimum Gasteiger partial charge on any atom is -0.495 e. The van der Waals surface area contributed by atoms with E-state index in [1.54, 1.807) is 20.8 Å². The maximum atomic E-state index is 13.2. The van der Waals surface area contributed by atoms with E-state index in [1.165, 1.54) is 19.2 Å². The Morgan fingerprint density at radius 3 is 2.20 bits per heavy atom. The molecule has 0 radical (unpaired) electrons. The Morgan fingerprint density at radius 1 is 1.00 bits per heavy atom. The fourth-order valence-electron chi connectivity index (χ4n) is 2.44. The van der Waals surface area contributed by atoms with E-state index in [0.29, 0.717) is 6.07 Å². The quantitative estimate of drug-likeness (QED) is 0.524. The first-order valence-corrected chi connectivity index (χ1v) is 10.2. The Balaban J connectivity index is 2.22. The van der Waals surface area contributed by atoms with Crippen LogP contribution in [0.15, 0.2) is 41.3 Å². The third-order valence-corrected chi connectivity index (χ3v) is 5.48. The van der Waals surface area contributed by atoms with Gasteiger partial charge >= 0.3 is 5.97 Å². The molecule has 0 aromatic heterocycles. The van der Waals surface area contributed by atoms with E-state index < -0.39 is 45.6 Å². The summed E-state index contributed by atoms with van der Waals surface area (Å²) in [4.78, 5) is 24.1. The molecule has 162 valence electrons. The lowest BCUT2D eigenvalue weighted by Crippen LogP contribution is -2.40. The lowest BCUT2D eigenvalue weighted by molar-refractivity contribution is 0.0474. The van der Waals surface area contributed by atoms with Crippen molar-refractivity contribution >= 4 is 21.8 Å². The molecular weight excluding hydrogens is 420 g/mol. The number of carbonyl (C=O) groups is 2. The number of rotatable bonds is 7. The van der Waals surface area contributed by atoms with Crippen LogP contribution in [0.5, 0.6) is 5.75 Å². The number of ether oxygens (including phenoxy) is 2. The zero-order valence-corrected chi connectivity index (χ0v) is 17.6. The number of benzene rings is 2. The van der Waals surface area contributed by atoms with E-state index in [1.807, 2.05) is 0 Å². The summed E-state index contributed by atoms with van der Waals surface area (Å²) >= 11 is 0. The number of halogens is 2. The maximum absolute atomic E-state index is 13.2. The summed E-state index contributed by atoms with van der Waals surface area (Å²) in [5.74, 6) is -4.03. The van der Waals surface area contributed by atoms with Crippen molar-refractivity contribution in [2.75, 3.05) is 13.7 Å². The fraction of sp³-hybridized carbons (Fsp3) is 0.300. The van der Waals surface area contributed by atoms with Crippen LogP contribution >= 0.6 is 0 Å². The van der Waals surface area contributed by atoms with Gasteiger partial charge in [-0.15, -0.1) is 0 Å². The summed E-state index contributed by atoms with van der Waals surface area (Å²) in [7, 11) is -2.75. The molecule has 0 amide bonds. The number of esters is 1. The van der Waals surface area contributed by atoms with Gasteiger partial charge in [-0.3, -0.25) is 4.79 Å². The van der Waals surface area contributed by atoms with Crippen LogP contribution < -0.4 is 9.46 Å². The lowest BCUT2D eigenvalue weighted by atomic mass is 10.1. The molecule has 0 fully saturated rings. The second-order valence-corrected chi connectivity index (χ2v) is 9.00. The van der Waals surface area contributed by atoms with Gasteiger partial charge in [-0.1, -0.05) is 0 Å². The van der Waals surface area contributed by atoms with E-state index in [2.05, 4.69) is 4.72 Å². The number of methoxy groups -OCH3 is 1. The number of ketones is 1. The van der Waals surface area contributed by atoms with Crippen molar-refractivity contribution in [3.8, 4) is 5.75 Å². The Hall–Kier alpha value is -2.85. The van der Waals surface area contributed by atoms with Gasteiger partial charge < -0.3 is 9.47 Å². The van der Waals surface area contributed by atoms with Gasteiger partial charge in [0.05, 0.1) is 12.7 Å². The monoisotopic (exact) mass is 441 g/mol. The molecule has 0 bridgehead atoms. The molecule has 0 aliphatic heterocycles. The third-order valence-electron chi connectivity index (χ3n) is 3.71. The molecule has 0 heterocycles. The van der Waals surface area contributed by atoms with Crippen molar-refractivity contribution in [3.05, 3.63) is 59.2 Å². The summed E-state index contributed by atoms with van der Waals surface area (Å²) < 4.78 is 63.9. The molecule has 2 aromatic rings. The van der Waals surface area contributed by atoms with Crippen LogP contribution in [0.1, 0.15) is 41.5 Å². The van der Waals surface area contributed by atoms with Crippen LogP contribution in [0.4, 0.5) is 8.78 Å². The third kappa shape index (κ3) is 5.83. The highest BCUT2D eigenvalue weighted by Crippen LogP contribution is 2.26. The van der Waals surface area contributed by atoms with Crippen molar-refractivity contribution in [2.45, 2.75) is 31.2 Å². The smallest absolute Gasteiger partial charge is 0.338 e. The van der Waals surface area contributed by atoms with Crippen molar-refractivity contribution in [1.29, 1.82) is 0 Å². The summed E-state index contributed by atoms with van der Waals surface area (Å²) in [6.45, 7) is 4.22. The van der Waals surface area contributed by atoms with Crippen molar-refractivity contribution in [2.24, 2.45) is 0 Å². The zero-order chi connectivity index (χ0) is 22.7. The van der Waals surface area contributed by atoms with E-state index in [4.69, 9.17) is 9.47 Å². The molecule has 1 N–H and O–H groups in total. The Kier molecular flexibility index (Phi) is 6.94. The van der Waals surface area contributed by atoms with E-state index in [9.17, 15) is 26.8 Å². The molecule has 2 rings (SSSR count). The summed E-state index contributed by atoms with van der Waals surface area (Å²) in [6.07, 6.45) is 0. The molecule has 0 unspecified atom stereocenters. The molecule has 0 saturated carbocycles. The normalized spacial score (nSPS) is 11.8. The number of carbonyl (C=O) groups excluding carboxylic acids is 2. The number of hydrogen-bond donors (Lipinski definition) is 1. The summed E-state index contributed by atoms with van der Waals surface area (Å²) in [5, 5.41) is 0. The van der Waals surface area contributed by atoms with Crippen LogP contribution in [0.3, 0.4) is 0 Å². The molecule has 0 atom stereocenters. The highest BCUT2D eigenvalue weighted by Gasteiger charge is 2.27. The van der Waals surface area contributed by atoms with E-state index >= 15 is 0 Å². The minimum absolute atomic E-state index is 0.0150. The molecule has 0 aliphatic carbocycles. The zero-order valence-electron chi connectivity index (χ0n) is 16.8. The van der Waals surface area contributed by atoms with Gasteiger partial charge in [0, 0.05) is 11.1 Å². The van der Waals surface area contributed by atoms with Gasteiger partial charge in [0.15, 0.2) is 24.0 Å². The highest BCUT2D eigenvalue weighted by molar-refractivity contribution is 7.89. The van der Waals surface area contributed by atoms with Crippen molar-refractivity contribution in [3.63, 3.8) is 0 Å². The van der Waals surface area contributed by atoms with Crippen LogP contribution in [-0.2, 0) is 14.8 Å². The summed E-state index contributed by atoms with van der Waals surface area (Å²) in [5.41, 5.74) is -1.09. The fourth-order valence-corrected chi connectivity index (χ4v) is 4.05. The molecule has 30 heavy (non-hydrogen) atoms. The Bertz CT molecular complexity index is 1080. The SMILES string of the molecule is COc1ccc(C(=O)OCC(=O)c2ccc(F)c(F)c2)cc1S(=O)(=O)NC(C)(C)C. The van der Waals surface area contributed by atoms with Crippen LogP contribution in [0.25, 0.3) is 0 Å². The molecular formula is C20H21F2NO6S. The predicted molar refractivity (Wildman–Crippen MR) is 104 cm³/mol. The van der Waals surface area contributed by atoms with Crippen molar-refractivity contribution < 1.29 is 36.3 Å². The van der Waals surface area contributed by atoms with Crippen LogP contribution in [0, 0.1) is 11.6 Å². The maximum Gasteiger partial charge on any atom is 0.338 e. The minimum atomic E-state index is -4.03. The molecule has 0 saturated heterocycles. The average Bonchev–Trinajstić information content (AvgIpc) is 2.65. The first kappa shape index (κ1) is 23.4. The van der Waals surface area contributed by atoms with Crippen LogP contribution in [0.2, 0.25) is 0 Å². The first-order valence-electron chi connectivity index (χ1n) is 8.71.